The summed E-state index contributed by atoms with van der Waals surface area (Å²) in [4.78, 5) is 30.0. The maximum atomic E-state index is 11.9. The molecule has 1 saturated heterocycles. The molecule has 1 amide bonds. The summed E-state index contributed by atoms with van der Waals surface area (Å²) in [6.45, 7) is 4.14. The highest BCUT2D eigenvalue weighted by Gasteiger charge is 2.25. The molecule has 25 heavy (non-hydrogen) atoms. The Balaban J connectivity index is 1.53. The minimum atomic E-state index is 0.171. The predicted octanol–water partition coefficient (Wildman–Crippen LogP) is 1.78. The van der Waals surface area contributed by atoms with Gasteiger partial charge in [-0.25, -0.2) is 9.97 Å². The Labute approximate surface area is 152 Å². The Hall–Kier alpha value is -1.73. The van der Waals surface area contributed by atoms with E-state index in [9.17, 15) is 4.79 Å². The molecule has 1 fully saturated rings. The smallest absolute Gasteiger partial charge is 0.236 e. The van der Waals surface area contributed by atoms with E-state index in [4.69, 9.17) is 0 Å². The lowest BCUT2D eigenvalue weighted by Gasteiger charge is -2.35. The lowest BCUT2D eigenvalue weighted by Crippen LogP contribution is -2.49. The van der Waals surface area contributed by atoms with E-state index in [1.165, 1.54) is 35.1 Å². The zero-order valence-corrected chi connectivity index (χ0v) is 15.8. The maximum Gasteiger partial charge on any atom is 0.236 e. The molecule has 0 N–H and O–H groups in total. The van der Waals surface area contributed by atoms with Gasteiger partial charge in [0, 0.05) is 45.2 Å². The van der Waals surface area contributed by atoms with Gasteiger partial charge in [-0.3, -0.25) is 9.69 Å². The quantitative estimate of drug-likeness (QED) is 0.836. The van der Waals surface area contributed by atoms with Crippen LogP contribution < -0.4 is 4.90 Å². The summed E-state index contributed by atoms with van der Waals surface area (Å²) in [5, 5.41) is 1.29. The Bertz CT molecular complexity index is 779. The van der Waals surface area contributed by atoms with Crippen molar-refractivity contribution < 1.29 is 4.79 Å². The number of aryl methyl sites for hydroxylation is 2. The highest BCUT2D eigenvalue weighted by molar-refractivity contribution is 7.19. The summed E-state index contributed by atoms with van der Waals surface area (Å²) in [6.07, 6.45) is 6.62. The predicted molar refractivity (Wildman–Crippen MR) is 101 cm³/mol. The summed E-state index contributed by atoms with van der Waals surface area (Å²) in [5.41, 5.74) is 1.49. The monoisotopic (exact) mass is 359 g/mol. The third-order valence-corrected chi connectivity index (χ3v) is 6.46. The number of hydrogen-bond donors (Lipinski definition) is 0. The first-order chi connectivity index (χ1) is 12.1. The molecule has 1 aliphatic heterocycles. The van der Waals surface area contributed by atoms with Crippen molar-refractivity contribution in [3.8, 4) is 0 Å². The minimum Gasteiger partial charge on any atom is -0.353 e. The number of anilines is 1. The Morgan fingerprint density at radius 1 is 1.16 bits per heavy atom. The van der Waals surface area contributed by atoms with Crippen LogP contribution in [0, 0.1) is 0 Å². The molecule has 2 aromatic heterocycles. The molecule has 0 unspecified atom stereocenters. The van der Waals surface area contributed by atoms with Crippen molar-refractivity contribution in [2.24, 2.45) is 0 Å². The standard InChI is InChI=1S/C18H25N5OS/c1-21(2)15(24)11-22-7-9-23(10-8-22)17-16-13-5-3-4-6-14(13)25-18(16)20-12-19-17/h12H,3-11H2,1-2H3. The number of rotatable bonds is 3. The molecule has 0 spiro atoms. The van der Waals surface area contributed by atoms with Gasteiger partial charge < -0.3 is 9.80 Å². The molecule has 134 valence electrons. The first-order valence-corrected chi connectivity index (χ1v) is 9.88. The van der Waals surface area contributed by atoms with Crippen molar-refractivity contribution in [3.63, 3.8) is 0 Å². The molecule has 6 nitrogen and oxygen atoms in total. The van der Waals surface area contributed by atoms with Crippen LogP contribution in [-0.4, -0.2) is 72.5 Å². The van der Waals surface area contributed by atoms with Crippen molar-refractivity contribution in [3.05, 3.63) is 16.8 Å². The van der Waals surface area contributed by atoms with E-state index in [1.807, 2.05) is 25.4 Å². The zero-order chi connectivity index (χ0) is 17.4. The van der Waals surface area contributed by atoms with Gasteiger partial charge in [0.05, 0.1) is 11.9 Å². The number of thiophene rings is 1. The van der Waals surface area contributed by atoms with Crippen molar-refractivity contribution in [2.45, 2.75) is 25.7 Å². The van der Waals surface area contributed by atoms with Crippen LogP contribution in [0.15, 0.2) is 6.33 Å². The number of fused-ring (bicyclic) bond motifs is 3. The second kappa shape index (κ2) is 6.88. The fourth-order valence-corrected chi connectivity index (χ4v) is 4.99. The van der Waals surface area contributed by atoms with Crippen molar-refractivity contribution in [2.75, 3.05) is 51.7 Å². The van der Waals surface area contributed by atoms with Crippen LogP contribution in [0.25, 0.3) is 10.2 Å². The van der Waals surface area contributed by atoms with Crippen molar-refractivity contribution in [1.29, 1.82) is 0 Å². The van der Waals surface area contributed by atoms with E-state index in [1.54, 1.807) is 11.2 Å². The first-order valence-electron chi connectivity index (χ1n) is 9.06. The second-order valence-corrected chi connectivity index (χ2v) is 8.22. The molecule has 1 aliphatic carbocycles. The van der Waals surface area contributed by atoms with Gasteiger partial charge in [0.1, 0.15) is 17.0 Å². The average molecular weight is 359 g/mol. The normalized spacial score (nSPS) is 18.4. The van der Waals surface area contributed by atoms with E-state index in [2.05, 4.69) is 19.8 Å². The van der Waals surface area contributed by atoms with Gasteiger partial charge >= 0.3 is 0 Å². The third kappa shape index (κ3) is 3.22. The molecule has 2 aliphatic rings. The third-order valence-electron chi connectivity index (χ3n) is 5.26. The summed E-state index contributed by atoms with van der Waals surface area (Å²) in [6, 6.07) is 0. The highest BCUT2D eigenvalue weighted by Crippen LogP contribution is 2.39. The number of nitrogens with zero attached hydrogens (tertiary/aromatic N) is 5. The van der Waals surface area contributed by atoms with Gasteiger partial charge in [0.25, 0.3) is 0 Å². The van der Waals surface area contributed by atoms with Gasteiger partial charge in [-0.05, 0) is 31.2 Å². The molecular weight excluding hydrogens is 334 g/mol. The molecule has 0 bridgehead atoms. The highest BCUT2D eigenvalue weighted by atomic mass is 32.1. The van der Waals surface area contributed by atoms with Gasteiger partial charge in [0.15, 0.2) is 0 Å². The topological polar surface area (TPSA) is 52.6 Å². The average Bonchev–Trinajstić information content (AvgIpc) is 3.01. The summed E-state index contributed by atoms with van der Waals surface area (Å²) in [7, 11) is 3.63. The van der Waals surface area contributed by atoms with E-state index in [0.717, 1.165) is 43.2 Å². The van der Waals surface area contributed by atoms with E-state index < -0.39 is 0 Å². The van der Waals surface area contributed by atoms with Crippen LogP contribution in [0.2, 0.25) is 0 Å². The van der Waals surface area contributed by atoms with Crippen molar-refractivity contribution in [1.82, 2.24) is 19.8 Å². The summed E-state index contributed by atoms with van der Waals surface area (Å²) in [5.74, 6) is 1.27. The molecule has 0 atom stereocenters. The number of carbonyl (C=O) groups excluding carboxylic acids is 1. The number of carbonyl (C=O) groups is 1. The van der Waals surface area contributed by atoms with Crippen LogP contribution >= 0.6 is 11.3 Å². The molecule has 7 heteroatoms. The minimum absolute atomic E-state index is 0.171. The molecule has 0 aromatic carbocycles. The molecular formula is C18H25N5OS. The van der Waals surface area contributed by atoms with Gasteiger partial charge in [0.2, 0.25) is 5.91 Å². The SMILES string of the molecule is CN(C)C(=O)CN1CCN(c2ncnc3sc4c(c23)CCCC4)CC1. The number of likely N-dealkylation sites (N-methyl/N-ethyl adjacent to an activating group) is 1. The van der Waals surface area contributed by atoms with Crippen LogP contribution in [-0.2, 0) is 17.6 Å². The van der Waals surface area contributed by atoms with Crippen LogP contribution in [0.1, 0.15) is 23.3 Å². The molecule has 2 aromatic rings. The second-order valence-electron chi connectivity index (χ2n) is 7.14. The fraction of sp³-hybridized carbons (Fsp3) is 0.611. The lowest BCUT2D eigenvalue weighted by molar-refractivity contribution is -0.129. The zero-order valence-electron chi connectivity index (χ0n) is 15.0. The van der Waals surface area contributed by atoms with Crippen LogP contribution in [0.4, 0.5) is 5.82 Å². The lowest BCUT2D eigenvalue weighted by atomic mass is 9.97. The molecule has 3 heterocycles. The van der Waals surface area contributed by atoms with E-state index >= 15 is 0 Å². The Kier molecular flexibility index (Phi) is 4.60. The van der Waals surface area contributed by atoms with E-state index in [0.29, 0.717) is 6.54 Å². The van der Waals surface area contributed by atoms with E-state index in [-0.39, 0.29) is 5.91 Å². The summed E-state index contributed by atoms with van der Waals surface area (Å²) >= 11 is 1.85. The number of aromatic nitrogens is 2. The number of amides is 1. The number of hydrogen-bond acceptors (Lipinski definition) is 6. The van der Waals surface area contributed by atoms with Crippen molar-refractivity contribution >= 4 is 33.3 Å². The Morgan fingerprint density at radius 3 is 2.68 bits per heavy atom. The molecule has 0 radical (unpaired) electrons. The molecule has 0 saturated carbocycles. The largest absolute Gasteiger partial charge is 0.353 e. The Morgan fingerprint density at radius 2 is 1.92 bits per heavy atom. The van der Waals surface area contributed by atoms with Gasteiger partial charge in [-0.15, -0.1) is 11.3 Å². The first kappa shape index (κ1) is 16.7. The summed E-state index contributed by atoms with van der Waals surface area (Å²) < 4.78 is 0. The number of piperazine rings is 1. The fourth-order valence-electron chi connectivity index (χ4n) is 3.76. The van der Waals surface area contributed by atoms with Crippen LogP contribution in [0.3, 0.4) is 0 Å². The molecule has 4 rings (SSSR count). The van der Waals surface area contributed by atoms with Gasteiger partial charge in [-0.2, -0.15) is 0 Å². The van der Waals surface area contributed by atoms with Gasteiger partial charge in [-0.1, -0.05) is 0 Å². The maximum absolute atomic E-state index is 11.9. The van der Waals surface area contributed by atoms with Crippen LogP contribution in [0.5, 0.6) is 0 Å².